The average Bonchev–Trinajstić information content (AvgIpc) is 2.49. The Morgan fingerprint density at radius 2 is 1.76 bits per heavy atom. The summed E-state index contributed by atoms with van der Waals surface area (Å²) in [6.45, 7) is 0. The summed E-state index contributed by atoms with van der Waals surface area (Å²) >= 11 is 0. The van der Waals surface area contributed by atoms with Crippen molar-refractivity contribution < 1.29 is 14.3 Å². The number of halogens is 1. The van der Waals surface area contributed by atoms with Crippen LogP contribution in [-0.2, 0) is 0 Å². The number of nitrogens with one attached hydrogen (secondary N) is 1. The van der Waals surface area contributed by atoms with Crippen LogP contribution >= 0.6 is 0 Å². The number of aromatic hydroxyl groups is 1. The van der Waals surface area contributed by atoms with E-state index < -0.39 is 11.7 Å². The summed E-state index contributed by atoms with van der Waals surface area (Å²) in [6.07, 6.45) is 0. The second kappa shape index (κ2) is 5.25. The van der Waals surface area contributed by atoms with E-state index in [-0.39, 0.29) is 11.4 Å². The first-order valence-electron chi connectivity index (χ1n) is 6.43. The Bertz CT molecular complexity index is 825. The molecule has 0 aliphatic heterocycles. The third-order valence-electron chi connectivity index (χ3n) is 3.24. The fraction of sp³-hybridized carbons (Fsp3) is 0. The third kappa shape index (κ3) is 2.56. The summed E-state index contributed by atoms with van der Waals surface area (Å²) in [5, 5.41) is 13.4. The zero-order chi connectivity index (χ0) is 14.8. The molecule has 0 radical (unpaired) electrons. The summed E-state index contributed by atoms with van der Waals surface area (Å²) in [5.41, 5.74) is 0.506. The molecule has 104 valence electrons. The maximum absolute atomic E-state index is 13.7. The van der Waals surface area contributed by atoms with Crippen LogP contribution in [0, 0.1) is 5.82 Å². The normalized spacial score (nSPS) is 10.5. The van der Waals surface area contributed by atoms with Gasteiger partial charge in [-0.25, -0.2) is 4.39 Å². The number of hydrogen-bond donors (Lipinski definition) is 2. The van der Waals surface area contributed by atoms with Gasteiger partial charge in [0.05, 0.1) is 5.69 Å². The van der Waals surface area contributed by atoms with Crippen LogP contribution in [0.5, 0.6) is 5.75 Å². The lowest BCUT2D eigenvalue weighted by atomic mass is 10.0. The van der Waals surface area contributed by atoms with Crippen molar-refractivity contribution in [2.24, 2.45) is 0 Å². The van der Waals surface area contributed by atoms with Crippen LogP contribution < -0.4 is 5.32 Å². The number of hydrogen-bond acceptors (Lipinski definition) is 2. The molecule has 0 heterocycles. The van der Waals surface area contributed by atoms with E-state index in [1.165, 1.54) is 12.1 Å². The largest absolute Gasteiger partial charge is 0.508 e. The fourth-order valence-electron chi connectivity index (χ4n) is 2.22. The SMILES string of the molecule is O=C(Nc1ccc(O)cc1F)c1cccc2ccccc12. The Morgan fingerprint density at radius 3 is 2.57 bits per heavy atom. The van der Waals surface area contributed by atoms with Gasteiger partial charge in [0.25, 0.3) is 5.91 Å². The van der Waals surface area contributed by atoms with E-state index in [0.717, 1.165) is 16.8 Å². The molecule has 0 aliphatic rings. The first kappa shape index (κ1) is 13.1. The molecule has 21 heavy (non-hydrogen) atoms. The minimum absolute atomic E-state index is 0.0331. The zero-order valence-corrected chi connectivity index (χ0v) is 11.0. The summed E-state index contributed by atoms with van der Waals surface area (Å²) in [5.74, 6) is -1.25. The molecule has 0 unspecified atom stereocenters. The number of benzene rings is 3. The van der Waals surface area contributed by atoms with Crippen molar-refractivity contribution in [1.29, 1.82) is 0 Å². The molecule has 3 aromatic carbocycles. The fourth-order valence-corrected chi connectivity index (χ4v) is 2.22. The van der Waals surface area contributed by atoms with E-state index in [9.17, 15) is 14.3 Å². The maximum atomic E-state index is 13.7. The molecular formula is C17H12FNO2. The number of fused-ring (bicyclic) bond motifs is 1. The molecule has 1 amide bonds. The summed E-state index contributed by atoms with van der Waals surface area (Å²) in [6, 6.07) is 16.5. The second-order valence-corrected chi connectivity index (χ2v) is 4.64. The summed E-state index contributed by atoms with van der Waals surface area (Å²) in [7, 11) is 0. The highest BCUT2D eigenvalue weighted by atomic mass is 19.1. The average molecular weight is 281 g/mol. The Morgan fingerprint density at radius 1 is 1.00 bits per heavy atom. The van der Waals surface area contributed by atoms with Gasteiger partial charge in [-0.05, 0) is 29.0 Å². The number of amides is 1. The van der Waals surface area contributed by atoms with Gasteiger partial charge < -0.3 is 10.4 Å². The van der Waals surface area contributed by atoms with Gasteiger partial charge in [-0.1, -0.05) is 36.4 Å². The Hall–Kier alpha value is -2.88. The second-order valence-electron chi connectivity index (χ2n) is 4.64. The molecule has 0 saturated heterocycles. The summed E-state index contributed by atoms with van der Waals surface area (Å²) in [4.78, 5) is 12.3. The monoisotopic (exact) mass is 281 g/mol. The van der Waals surface area contributed by atoms with Crippen LogP contribution in [0.3, 0.4) is 0 Å². The van der Waals surface area contributed by atoms with Crippen LogP contribution in [0.4, 0.5) is 10.1 Å². The minimum atomic E-state index is -0.677. The van der Waals surface area contributed by atoms with Crippen LogP contribution in [0.15, 0.2) is 60.7 Å². The maximum Gasteiger partial charge on any atom is 0.256 e. The van der Waals surface area contributed by atoms with Gasteiger partial charge in [0.1, 0.15) is 11.6 Å². The molecule has 3 aromatic rings. The Kier molecular flexibility index (Phi) is 3.28. The third-order valence-corrected chi connectivity index (χ3v) is 3.24. The van der Waals surface area contributed by atoms with E-state index in [2.05, 4.69) is 5.32 Å². The lowest BCUT2D eigenvalue weighted by Crippen LogP contribution is -2.13. The van der Waals surface area contributed by atoms with E-state index in [1.54, 1.807) is 12.1 Å². The molecule has 0 atom stereocenters. The highest BCUT2D eigenvalue weighted by Gasteiger charge is 2.12. The van der Waals surface area contributed by atoms with E-state index >= 15 is 0 Å². The molecule has 0 fully saturated rings. The van der Waals surface area contributed by atoms with Crippen molar-refractivity contribution in [3.05, 3.63) is 72.0 Å². The summed E-state index contributed by atoms with van der Waals surface area (Å²) < 4.78 is 13.7. The van der Waals surface area contributed by atoms with Crippen molar-refractivity contribution in [3.63, 3.8) is 0 Å². The van der Waals surface area contributed by atoms with Gasteiger partial charge in [-0.2, -0.15) is 0 Å². The predicted molar refractivity (Wildman–Crippen MR) is 80.0 cm³/mol. The molecule has 2 N–H and O–H groups in total. The van der Waals surface area contributed by atoms with E-state index in [4.69, 9.17) is 0 Å². The molecule has 3 rings (SSSR count). The molecule has 0 saturated carbocycles. The van der Waals surface area contributed by atoms with Gasteiger partial charge in [-0.3, -0.25) is 4.79 Å². The van der Waals surface area contributed by atoms with Gasteiger partial charge in [0.15, 0.2) is 0 Å². The molecule has 3 nitrogen and oxygen atoms in total. The van der Waals surface area contributed by atoms with Crippen LogP contribution in [0.1, 0.15) is 10.4 Å². The number of phenols is 1. The topological polar surface area (TPSA) is 49.3 Å². The van der Waals surface area contributed by atoms with Gasteiger partial charge >= 0.3 is 0 Å². The Balaban J connectivity index is 1.97. The zero-order valence-electron chi connectivity index (χ0n) is 11.0. The molecular weight excluding hydrogens is 269 g/mol. The molecule has 0 aliphatic carbocycles. The Labute approximate surface area is 120 Å². The van der Waals surface area contributed by atoms with Gasteiger partial charge in [0.2, 0.25) is 0 Å². The highest BCUT2D eigenvalue weighted by Crippen LogP contribution is 2.22. The number of phenolic OH excluding ortho intramolecular Hbond substituents is 1. The highest BCUT2D eigenvalue weighted by molar-refractivity contribution is 6.12. The molecule has 4 heteroatoms. The van der Waals surface area contributed by atoms with E-state index in [1.807, 2.05) is 30.3 Å². The van der Waals surface area contributed by atoms with Gasteiger partial charge in [-0.15, -0.1) is 0 Å². The van der Waals surface area contributed by atoms with Crippen LogP contribution in [-0.4, -0.2) is 11.0 Å². The minimum Gasteiger partial charge on any atom is -0.508 e. The molecule has 0 spiro atoms. The van der Waals surface area contributed by atoms with Crippen molar-refractivity contribution in [2.45, 2.75) is 0 Å². The lowest BCUT2D eigenvalue weighted by Gasteiger charge is -2.09. The number of anilines is 1. The first-order valence-corrected chi connectivity index (χ1v) is 6.43. The molecule has 0 bridgehead atoms. The number of carbonyl (C=O) groups is 1. The first-order chi connectivity index (χ1) is 10.1. The van der Waals surface area contributed by atoms with Crippen LogP contribution in [0.25, 0.3) is 10.8 Å². The van der Waals surface area contributed by atoms with Gasteiger partial charge in [0, 0.05) is 11.6 Å². The lowest BCUT2D eigenvalue weighted by molar-refractivity contribution is 0.102. The van der Waals surface area contributed by atoms with Crippen molar-refractivity contribution in [2.75, 3.05) is 5.32 Å². The van der Waals surface area contributed by atoms with Crippen molar-refractivity contribution >= 4 is 22.4 Å². The quantitative estimate of drug-likeness (QED) is 0.699. The van der Waals surface area contributed by atoms with Crippen molar-refractivity contribution in [1.82, 2.24) is 0 Å². The predicted octanol–water partition coefficient (Wildman–Crippen LogP) is 3.94. The van der Waals surface area contributed by atoms with Crippen molar-refractivity contribution in [3.8, 4) is 5.75 Å². The van der Waals surface area contributed by atoms with E-state index in [0.29, 0.717) is 5.56 Å². The standard InChI is InChI=1S/C17H12FNO2/c18-15-10-12(20)8-9-16(15)19-17(21)14-7-3-5-11-4-1-2-6-13(11)14/h1-10,20H,(H,19,21). The smallest absolute Gasteiger partial charge is 0.256 e. The number of carbonyl (C=O) groups excluding carboxylic acids is 1. The number of rotatable bonds is 2. The van der Waals surface area contributed by atoms with Crippen LogP contribution in [0.2, 0.25) is 0 Å². The molecule has 0 aromatic heterocycles.